The molecule has 2 rings (SSSR count). The molecule has 2 atom stereocenters. The number of carbonyl (C=O) groups excluding carboxylic acids is 1. The molecule has 1 aromatic rings. The van der Waals surface area contributed by atoms with Gasteiger partial charge in [-0.15, -0.1) is 0 Å². The van der Waals surface area contributed by atoms with Crippen molar-refractivity contribution in [2.45, 2.75) is 25.9 Å². The van der Waals surface area contributed by atoms with E-state index in [0.717, 1.165) is 12.5 Å². The van der Waals surface area contributed by atoms with Crippen LogP contribution in [0.5, 0.6) is 0 Å². The molecule has 1 aromatic carbocycles. The molecule has 2 amide bonds. The van der Waals surface area contributed by atoms with Crippen LogP contribution in [-0.4, -0.2) is 41.8 Å². The number of amides is 2. The Kier molecular flexibility index (Phi) is 5.12. The number of rotatable bonds is 4. The van der Waals surface area contributed by atoms with Crippen molar-refractivity contribution in [3.63, 3.8) is 0 Å². The number of nitrogens with one attached hydrogen (secondary N) is 1. The zero-order valence-corrected chi connectivity index (χ0v) is 12.0. The molecular weight excluding hydrogens is 278 g/mol. The van der Waals surface area contributed by atoms with Crippen LogP contribution < -0.4 is 5.32 Å². The van der Waals surface area contributed by atoms with Crippen molar-refractivity contribution in [1.82, 2.24) is 10.2 Å². The summed E-state index contributed by atoms with van der Waals surface area (Å²) < 4.78 is 26.2. The Morgan fingerprint density at radius 1 is 1.52 bits per heavy atom. The molecule has 1 fully saturated rings. The number of benzene rings is 1. The van der Waals surface area contributed by atoms with E-state index in [1.807, 2.05) is 0 Å². The maximum absolute atomic E-state index is 13.4. The van der Waals surface area contributed by atoms with Gasteiger partial charge in [-0.05, 0) is 31.4 Å². The topological polar surface area (TPSA) is 52.6 Å². The number of carbonyl (C=O) groups is 1. The van der Waals surface area contributed by atoms with Gasteiger partial charge >= 0.3 is 6.03 Å². The molecule has 6 heteroatoms. The molecule has 0 aromatic heterocycles. The Balaban J connectivity index is 1.77. The van der Waals surface area contributed by atoms with Gasteiger partial charge in [-0.25, -0.2) is 13.6 Å². The Morgan fingerprint density at radius 3 is 2.90 bits per heavy atom. The first-order valence-corrected chi connectivity index (χ1v) is 7.12. The molecular formula is C15H20F2N2O2. The fourth-order valence-corrected chi connectivity index (χ4v) is 2.51. The summed E-state index contributed by atoms with van der Waals surface area (Å²) in [5, 5.41) is 12.2. The second kappa shape index (κ2) is 6.85. The van der Waals surface area contributed by atoms with Crippen molar-refractivity contribution in [2.24, 2.45) is 5.92 Å². The molecule has 0 unspecified atom stereocenters. The van der Waals surface area contributed by atoms with Gasteiger partial charge in [0.15, 0.2) is 0 Å². The lowest BCUT2D eigenvalue weighted by Gasteiger charge is -2.18. The van der Waals surface area contributed by atoms with Gasteiger partial charge in [-0.1, -0.05) is 6.07 Å². The quantitative estimate of drug-likeness (QED) is 0.892. The monoisotopic (exact) mass is 298 g/mol. The Morgan fingerprint density at radius 2 is 2.29 bits per heavy atom. The lowest BCUT2D eigenvalue weighted by molar-refractivity contribution is 0.129. The van der Waals surface area contributed by atoms with E-state index < -0.39 is 17.7 Å². The number of hydrogen-bond donors (Lipinski definition) is 2. The van der Waals surface area contributed by atoms with Crippen molar-refractivity contribution >= 4 is 6.03 Å². The van der Waals surface area contributed by atoms with Crippen LogP contribution in [0, 0.1) is 17.6 Å². The van der Waals surface area contributed by atoms with E-state index in [0.29, 0.717) is 25.1 Å². The second-order valence-corrected chi connectivity index (χ2v) is 5.45. The highest BCUT2D eigenvalue weighted by atomic mass is 19.1. The van der Waals surface area contributed by atoms with E-state index in [1.54, 1.807) is 11.8 Å². The molecule has 0 saturated carbocycles. The van der Waals surface area contributed by atoms with Crippen LogP contribution in [0.3, 0.4) is 0 Å². The maximum Gasteiger partial charge on any atom is 0.317 e. The minimum atomic E-state index is -0.610. The molecule has 1 aliphatic heterocycles. The molecule has 116 valence electrons. The predicted molar refractivity (Wildman–Crippen MR) is 74.8 cm³/mol. The van der Waals surface area contributed by atoms with Gasteiger partial charge in [0.1, 0.15) is 11.6 Å². The largest absolute Gasteiger partial charge is 0.393 e. The lowest BCUT2D eigenvalue weighted by Crippen LogP contribution is -2.40. The minimum Gasteiger partial charge on any atom is -0.393 e. The van der Waals surface area contributed by atoms with Gasteiger partial charge in [-0.3, -0.25) is 0 Å². The highest BCUT2D eigenvalue weighted by Crippen LogP contribution is 2.19. The summed E-state index contributed by atoms with van der Waals surface area (Å²) >= 11 is 0. The molecule has 1 aliphatic rings. The fourth-order valence-electron chi connectivity index (χ4n) is 2.51. The summed E-state index contributed by atoms with van der Waals surface area (Å²) in [4.78, 5) is 13.6. The number of halogens is 2. The summed E-state index contributed by atoms with van der Waals surface area (Å²) in [6, 6.07) is 3.22. The van der Waals surface area contributed by atoms with Crippen molar-refractivity contribution in [1.29, 1.82) is 0 Å². The van der Waals surface area contributed by atoms with E-state index in [-0.39, 0.29) is 18.5 Å². The second-order valence-electron chi connectivity index (χ2n) is 5.45. The number of urea groups is 1. The number of aliphatic hydroxyl groups excluding tert-OH is 1. The maximum atomic E-state index is 13.4. The third-order valence-electron chi connectivity index (χ3n) is 3.88. The van der Waals surface area contributed by atoms with Crippen LogP contribution in [0.25, 0.3) is 0 Å². The van der Waals surface area contributed by atoms with Crippen LogP contribution in [-0.2, 0) is 6.42 Å². The molecule has 2 N–H and O–H groups in total. The first-order chi connectivity index (χ1) is 9.97. The molecule has 0 aliphatic carbocycles. The van der Waals surface area contributed by atoms with Crippen LogP contribution in [0.15, 0.2) is 18.2 Å². The SMILES string of the molecule is C[C@H](O)[C@@H]1CCN(C(=O)NCCc2ccc(F)cc2F)C1. The number of nitrogens with zero attached hydrogens (tertiary/aromatic N) is 1. The normalized spacial score (nSPS) is 19.6. The summed E-state index contributed by atoms with van der Waals surface area (Å²) in [6.45, 7) is 3.17. The van der Waals surface area contributed by atoms with Crippen molar-refractivity contribution in [2.75, 3.05) is 19.6 Å². The molecule has 0 spiro atoms. The van der Waals surface area contributed by atoms with E-state index in [4.69, 9.17) is 0 Å². The average Bonchev–Trinajstić information content (AvgIpc) is 2.91. The van der Waals surface area contributed by atoms with Gasteiger partial charge in [0.25, 0.3) is 0 Å². The van der Waals surface area contributed by atoms with Gasteiger partial charge in [0.05, 0.1) is 6.10 Å². The smallest absolute Gasteiger partial charge is 0.317 e. The first kappa shape index (κ1) is 15.7. The van der Waals surface area contributed by atoms with E-state index in [1.165, 1.54) is 12.1 Å². The number of hydrogen-bond acceptors (Lipinski definition) is 2. The van der Waals surface area contributed by atoms with Crippen LogP contribution >= 0.6 is 0 Å². The molecule has 0 radical (unpaired) electrons. The average molecular weight is 298 g/mol. The first-order valence-electron chi connectivity index (χ1n) is 7.12. The van der Waals surface area contributed by atoms with E-state index in [9.17, 15) is 18.7 Å². The Labute approximate surface area is 122 Å². The minimum absolute atomic E-state index is 0.116. The highest BCUT2D eigenvalue weighted by Gasteiger charge is 2.28. The number of aliphatic hydroxyl groups is 1. The molecule has 1 saturated heterocycles. The third-order valence-corrected chi connectivity index (χ3v) is 3.88. The zero-order chi connectivity index (χ0) is 15.4. The van der Waals surface area contributed by atoms with E-state index in [2.05, 4.69) is 5.32 Å². The highest BCUT2D eigenvalue weighted by molar-refractivity contribution is 5.74. The molecule has 21 heavy (non-hydrogen) atoms. The lowest BCUT2D eigenvalue weighted by atomic mass is 10.0. The Bertz CT molecular complexity index is 508. The summed E-state index contributed by atoms with van der Waals surface area (Å²) in [5.41, 5.74) is 0.375. The van der Waals surface area contributed by atoms with Gasteiger partial charge in [-0.2, -0.15) is 0 Å². The number of likely N-dealkylation sites (tertiary alicyclic amines) is 1. The summed E-state index contributed by atoms with van der Waals surface area (Å²) in [6.07, 6.45) is 0.680. The van der Waals surface area contributed by atoms with Gasteiger partial charge in [0.2, 0.25) is 0 Å². The molecule has 4 nitrogen and oxygen atoms in total. The summed E-state index contributed by atoms with van der Waals surface area (Å²) in [5.74, 6) is -1.09. The predicted octanol–water partition coefficient (Wildman–Crippen LogP) is 1.92. The van der Waals surface area contributed by atoms with Crippen LogP contribution in [0.2, 0.25) is 0 Å². The van der Waals surface area contributed by atoms with Crippen molar-refractivity contribution < 1.29 is 18.7 Å². The van der Waals surface area contributed by atoms with E-state index >= 15 is 0 Å². The standard InChI is InChI=1S/C15H20F2N2O2/c1-10(20)12-5-7-19(9-12)15(21)18-6-4-11-2-3-13(16)8-14(11)17/h2-3,8,10,12,20H,4-7,9H2,1H3,(H,18,21)/t10-,12+/m0/s1. The third kappa shape index (κ3) is 4.14. The van der Waals surface area contributed by atoms with Gasteiger partial charge < -0.3 is 15.3 Å². The zero-order valence-electron chi connectivity index (χ0n) is 12.0. The summed E-state index contributed by atoms with van der Waals surface area (Å²) in [7, 11) is 0. The van der Waals surface area contributed by atoms with Crippen LogP contribution in [0.4, 0.5) is 13.6 Å². The Hall–Kier alpha value is -1.69. The molecule has 0 bridgehead atoms. The fraction of sp³-hybridized carbons (Fsp3) is 0.533. The van der Waals surface area contributed by atoms with Gasteiger partial charge in [0, 0.05) is 31.6 Å². The van der Waals surface area contributed by atoms with Crippen LogP contribution in [0.1, 0.15) is 18.9 Å². The van der Waals surface area contributed by atoms with Crippen molar-refractivity contribution in [3.8, 4) is 0 Å². The van der Waals surface area contributed by atoms with Crippen molar-refractivity contribution in [3.05, 3.63) is 35.4 Å². The molecule has 1 heterocycles.